The van der Waals surface area contributed by atoms with Crippen LogP contribution in [0.3, 0.4) is 0 Å². The number of carbonyl (C=O) groups excluding carboxylic acids is 1. The molecule has 1 saturated heterocycles. The van der Waals surface area contributed by atoms with Crippen LogP contribution in [0.4, 0.5) is 5.82 Å². The van der Waals surface area contributed by atoms with E-state index >= 15 is 0 Å². The minimum Gasteiger partial charge on any atom is -0.377 e. The second-order valence-electron chi connectivity index (χ2n) is 8.56. The normalized spacial score (nSPS) is 15.4. The molecule has 0 saturated carbocycles. The number of nitrogens with zero attached hydrogens (tertiary/aromatic N) is 5. The summed E-state index contributed by atoms with van der Waals surface area (Å²) in [6.07, 6.45) is 10.3. The fraction of sp³-hybridized carbons (Fsp3) is 0.179. The lowest BCUT2D eigenvalue weighted by atomic mass is 9.91. The van der Waals surface area contributed by atoms with Crippen molar-refractivity contribution in [1.29, 1.82) is 5.26 Å². The van der Waals surface area contributed by atoms with Crippen LogP contribution in [-0.4, -0.2) is 38.8 Å². The molecule has 1 fully saturated rings. The highest BCUT2D eigenvalue weighted by molar-refractivity contribution is 6.04. The number of hydrogen-bond acceptors (Lipinski definition) is 6. The molecule has 1 amide bonds. The maximum Gasteiger partial charge on any atom is 0.256 e. The molecule has 1 unspecified atom stereocenters. The highest BCUT2D eigenvalue weighted by Gasteiger charge is 2.24. The third-order valence-electron chi connectivity index (χ3n) is 6.27. The monoisotopic (exact) mass is 460 g/mol. The number of nitrogens with one attached hydrogen (secondary N) is 1. The van der Waals surface area contributed by atoms with E-state index in [2.05, 4.69) is 49.6 Å². The Morgan fingerprint density at radius 2 is 2.00 bits per heavy atom. The molecule has 172 valence electrons. The van der Waals surface area contributed by atoms with Crippen molar-refractivity contribution >= 4 is 22.6 Å². The predicted molar refractivity (Wildman–Crippen MR) is 136 cm³/mol. The number of carbonyl (C=O) groups is 1. The summed E-state index contributed by atoms with van der Waals surface area (Å²) in [5.74, 6) is 0.466. The van der Waals surface area contributed by atoms with Crippen LogP contribution in [0.15, 0.2) is 79.5 Å². The Labute approximate surface area is 203 Å². The zero-order valence-corrected chi connectivity index (χ0v) is 19.3. The van der Waals surface area contributed by atoms with Crippen LogP contribution in [0.5, 0.6) is 0 Å². The lowest BCUT2D eigenvalue weighted by Crippen LogP contribution is -2.13. The molecule has 3 heterocycles. The zero-order valence-electron chi connectivity index (χ0n) is 19.3. The van der Waals surface area contributed by atoms with Gasteiger partial charge in [0, 0.05) is 42.4 Å². The summed E-state index contributed by atoms with van der Waals surface area (Å²) < 4.78 is 0. The van der Waals surface area contributed by atoms with E-state index in [1.54, 1.807) is 30.6 Å². The third kappa shape index (κ3) is 4.73. The number of anilines is 1. The number of aromatic nitrogens is 3. The van der Waals surface area contributed by atoms with E-state index in [0.717, 1.165) is 41.5 Å². The van der Waals surface area contributed by atoms with E-state index < -0.39 is 0 Å². The molecule has 0 aliphatic carbocycles. The van der Waals surface area contributed by atoms with Crippen LogP contribution in [0.1, 0.15) is 40.7 Å². The van der Waals surface area contributed by atoms with Crippen LogP contribution in [0, 0.1) is 11.3 Å². The Bertz CT molecular complexity index is 1450. The average molecular weight is 461 g/mol. The lowest BCUT2D eigenvalue weighted by molar-refractivity contribution is 0.102. The van der Waals surface area contributed by atoms with Gasteiger partial charge in [-0.3, -0.25) is 4.79 Å². The van der Waals surface area contributed by atoms with Crippen LogP contribution in [-0.2, 0) is 0 Å². The molecule has 7 heteroatoms. The molecule has 4 aromatic rings. The van der Waals surface area contributed by atoms with Crippen molar-refractivity contribution in [1.82, 2.24) is 19.9 Å². The van der Waals surface area contributed by atoms with Gasteiger partial charge in [0.1, 0.15) is 12.1 Å². The SMILES string of the molecule is CC=CN1CCC(c2cc(-c3ccc(C(=O)Nc4cc(C#N)ccn4)cc3)cc3cncnc23)C1. The van der Waals surface area contributed by atoms with Crippen molar-refractivity contribution in [3.8, 4) is 17.2 Å². The maximum atomic E-state index is 12.7. The van der Waals surface area contributed by atoms with Crippen LogP contribution >= 0.6 is 0 Å². The van der Waals surface area contributed by atoms with Gasteiger partial charge in [-0.05, 0) is 72.6 Å². The number of hydrogen-bond donors (Lipinski definition) is 1. The molecule has 1 atom stereocenters. The van der Waals surface area contributed by atoms with Gasteiger partial charge in [0.05, 0.1) is 17.1 Å². The fourth-order valence-corrected chi connectivity index (χ4v) is 4.57. The van der Waals surface area contributed by atoms with Gasteiger partial charge in [0.25, 0.3) is 5.91 Å². The van der Waals surface area contributed by atoms with E-state index in [0.29, 0.717) is 22.9 Å². The highest BCUT2D eigenvalue weighted by Crippen LogP contribution is 2.35. The maximum absolute atomic E-state index is 12.7. The van der Waals surface area contributed by atoms with Gasteiger partial charge in [-0.1, -0.05) is 18.2 Å². The summed E-state index contributed by atoms with van der Waals surface area (Å²) in [5.41, 5.74) is 5.28. The Kier molecular flexibility index (Phi) is 6.18. The Morgan fingerprint density at radius 3 is 2.80 bits per heavy atom. The topological polar surface area (TPSA) is 94.8 Å². The Morgan fingerprint density at radius 1 is 1.14 bits per heavy atom. The van der Waals surface area contributed by atoms with Gasteiger partial charge in [0.2, 0.25) is 0 Å². The molecule has 0 spiro atoms. The quantitative estimate of drug-likeness (QED) is 0.443. The summed E-state index contributed by atoms with van der Waals surface area (Å²) >= 11 is 0. The number of pyridine rings is 1. The first kappa shape index (κ1) is 22.2. The Balaban J connectivity index is 1.42. The number of nitriles is 1. The summed E-state index contributed by atoms with van der Waals surface area (Å²) in [6, 6.07) is 17.0. The molecule has 1 N–H and O–H groups in total. The second-order valence-corrected chi connectivity index (χ2v) is 8.56. The van der Waals surface area contributed by atoms with Crippen LogP contribution in [0.2, 0.25) is 0 Å². The number of rotatable bonds is 5. The number of allylic oxidation sites excluding steroid dienone is 1. The second kappa shape index (κ2) is 9.74. The van der Waals surface area contributed by atoms with Gasteiger partial charge in [0.15, 0.2) is 0 Å². The highest BCUT2D eigenvalue weighted by atomic mass is 16.1. The van der Waals surface area contributed by atoms with E-state index in [9.17, 15) is 4.79 Å². The van der Waals surface area contributed by atoms with E-state index in [1.165, 1.54) is 11.8 Å². The standard InChI is InChI=1S/C28H24N6O/c1-2-10-34-11-8-22(17-34)25-14-23(13-24-16-30-18-32-27(24)25)20-3-5-21(6-4-20)28(35)33-26-12-19(15-29)7-9-31-26/h2-7,9-10,12-14,16,18,22H,8,11,17H2,1H3,(H,31,33,35). The third-order valence-corrected chi connectivity index (χ3v) is 6.27. The van der Waals surface area contributed by atoms with Crippen LogP contribution in [0.25, 0.3) is 22.0 Å². The van der Waals surface area contributed by atoms with Gasteiger partial charge in [-0.2, -0.15) is 5.26 Å². The minimum atomic E-state index is -0.276. The first-order valence-corrected chi connectivity index (χ1v) is 11.5. The largest absolute Gasteiger partial charge is 0.377 e. The molecule has 5 rings (SSSR count). The molecular formula is C28H24N6O. The van der Waals surface area contributed by atoms with Crippen molar-refractivity contribution in [2.45, 2.75) is 19.3 Å². The predicted octanol–water partition coefficient (Wildman–Crippen LogP) is 5.14. The van der Waals surface area contributed by atoms with Crippen molar-refractivity contribution in [3.05, 3.63) is 96.2 Å². The van der Waals surface area contributed by atoms with Crippen molar-refractivity contribution in [2.24, 2.45) is 0 Å². The molecular weight excluding hydrogens is 436 g/mol. The van der Waals surface area contributed by atoms with Crippen molar-refractivity contribution in [2.75, 3.05) is 18.4 Å². The van der Waals surface area contributed by atoms with E-state index in [1.807, 2.05) is 31.3 Å². The average Bonchev–Trinajstić information content (AvgIpc) is 3.37. The number of amides is 1. The van der Waals surface area contributed by atoms with Gasteiger partial charge >= 0.3 is 0 Å². The van der Waals surface area contributed by atoms with E-state index in [-0.39, 0.29) is 5.91 Å². The molecule has 0 radical (unpaired) electrons. The summed E-state index contributed by atoms with van der Waals surface area (Å²) in [4.78, 5) is 28.0. The Hall–Kier alpha value is -4.57. The van der Waals surface area contributed by atoms with Crippen LogP contribution < -0.4 is 5.32 Å². The number of likely N-dealkylation sites (tertiary alicyclic amines) is 1. The number of benzene rings is 2. The van der Waals surface area contributed by atoms with Gasteiger partial charge < -0.3 is 10.2 Å². The fourth-order valence-electron chi connectivity index (χ4n) is 4.57. The summed E-state index contributed by atoms with van der Waals surface area (Å²) in [5, 5.41) is 12.8. The number of fused-ring (bicyclic) bond motifs is 1. The molecule has 2 aromatic heterocycles. The lowest BCUT2D eigenvalue weighted by Gasteiger charge is -2.16. The molecule has 35 heavy (non-hydrogen) atoms. The summed E-state index contributed by atoms with van der Waals surface area (Å²) in [7, 11) is 0. The molecule has 0 bridgehead atoms. The molecule has 7 nitrogen and oxygen atoms in total. The molecule has 2 aromatic carbocycles. The van der Waals surface area contributed by atoms with E-state index in [4.69, 9.17) is 5.26 Å². The molecule has 1 aliphatic rings. The van der Waals surface area contributed by atoms with Crippen molar-refractivity contribution < 1.29 is 4.79 Å². The van der Waals surface area contributed by atoms with Crippen molar-refractivity contribution in [3.63, 3.8) is 0 Å². The first-order chi connectivity index (χ1) is 17.1. The first-order valence-electron chi connectivity index (χ1n) is 11.5. The minimum absolute atomic E-state index is 0.276. The van der Waals surface area contributed by atoms with Gasteiger partial charge in [-0.15, -0.1) is 0 Å². The van der Waals surface area contributed by atoms with Gasteiger partial charge in [-0.25, -0.2) is 15.0 Å². The summed E-state index contributed by atoms with van der Waals surface area (Å²) in [6.45, 7) is 4.04. The zero-order chi connectivity index (χ0) is 24.2. The smallest absolute Gasteiger partial charge is 0.256 e. The molecule has 1 aliphatic heterocycles.